The number of sulfonamides is 1. The first-order chi connectivity index (χ1) is 8.41. The zero-order valence-corrected chi connectivity index (χ0v) is 11.3. The van der Waals surface area contributed by atoms with Crippen LogP contribution in [0.25, 0.3) is 0 Å². The fourth-order valence-electron chi connectivity index (χ4n) is 1.86. The van der Waals surface area contributed by atoms with E-state index in [0.717, 1.165) is 0 Å². The highest BCUT2D eigenvalue weighted by Gasteiger charge is 2.33. The molecular formula is C10H18N4O3S. The predicted octanol–water partition coefficient (Wildman–Crippen LogP) is -0.545. The van der Waals surface area contributed by atoms with E-state index in [1.165, 1.54) is 10.5 Å². The Morgan fingerprint density at radius 2 is 2.39 bits per heavy atom. The first-order valence-electron chi connectivity index (χ1n) is 5.80. The van der Waals surface area contributed by atoms with Gasteiger partial charge in [-0.1, -0.05) is 0 Å². The van der Waals surface area contributed by atoms with Crippen LogP contribution in [-0.4, -0.2) is 54.5 Å². The average molecular weight is 274 g/mol. The predicted molar refractivity (Wildman–Crippen MR) is 65.5 cm³/mol. The van der Waals surface area contributed by atoms with E-state index in [4.69, 9.17) is 10.5 Å². The molecule has 0 aromatic carbocycles. The molecule has 2 atom stereocenters. The van der Waals surface area contributed by atoms with E-state index < -0.39 is 10.0 Å². The first kappa shape index (κ1) is 13.5. The van der Waals surface area contributed by atoms with Crippen LogP contribution in [0.2, 0.25) is 0 Å². The molecule has 1 saturated heterocycles. The van der Waals surface area contributed by atoms with Gasteiger partial charge in [-0.05, 0) is 13.8 Å². The maximum Gasteiger partial charge on any atom is 0.260 e. The second-order valence-electron chi connectivity index (χ2n) is 4.46. The van der Waals surface area contributed by atoms with Gasteiger partial charge in [0.2, 0.25) is 0 Å². The van der Waals surface area contributed by atoms with Crippen LogP contribution in [0.5, 0.6) is 0 Å². The number of H-pyrrole nitrogens is 1. The number of imidazole rings is 1. The van der Waals surface area contributed by atoms with Crippen molar-refractivity contribution in [3.05, 3.63) is 12.0 Å². The topological polar surface area (TPSA) is 101 Å². The van der Waals surface area contributed by atoms with Gasteiger partial charge in [0.05, 0.1) is 18.9 Å². The van der Waals surface area contributed by atoms with Crippen LogP contribution in [-0.2, 0) is 14.8 Å². The fraction of sp³-hybridized carbons (Fsp3) is 0.700. The third kappa shape index (κ3) is 2.56. The van der Waals surface area contributed by atoms with Crippen LogP contribution >= 0.6 is 0 Å². The summed E-state index contributed by atoms with van der Waals surface area (Å²) >= 11 is 0. The van der Waals surface area contributed by atoms with Gasteiger partial charge in [-0.25, -0.2) is 13.4 Å². The molecule has 0 saturated carbocycles. The van der Waals surface area contributed by atoms with E-state index in [1.54, 1.807) is 13.8 Å². The molecule has 1 fully saturated rings. The molecule has 1 aliphatic rings. The lowest BCUT2D eigenvalue weighted by Crippen LogP contribution is -2.51. The molecule has 2 unspecified atom stereocenters. The number of hydrogen-bond acceptors (Lipinski definition) is 5. The summed E-state index contributed by atoms with van der Waals surface area (Å²) in [6.07, 6.45) is 1.07. The van der Waals surface area contributed by atoms with Crippen LogP contribution < -0.4 is 5.73 Å². The molecular weight excluding hydrogens is 256 g/mol. The van der Waals surface area contributed by atoms with Crippen molar-refractivity contribution in [2.75, 3.05) is 19.7 Å². The minimum atomic E-state index is -3.53. The van der Waals surface area contributed by atoms with Gasteiger partial charge in [0.15, 0.2) is 5.03 Å². The molecule has 18 heavy (non-hydrogen) atoms. The monoisotopic (exact) mass is 274 g/mol. The summed E-state index contributed by atoms with van der Waals surface area (Å²) in [6.45, 7) is 4.49. The van der Waals surface area contributed by atoms with Gasteiger partial charge in [-0.3, -0.25) is 0 Å². The second kappa shape index (κ2) is 4.96. The van der Waals surface area contributed by atoms with Gasteiger partial charge in [0.25, 0.3) is 10.0 Å². The quantitative estimate of drug-likeness (QED) is 0.770. The number of aromatic nitrogens is 2. The Morgan fingerprint density at radius 1 is 1.67 bits per heavy atom. The smallest absolute Gasteiger partial charge is 0.260 e. The molecule has 1 aromatic rings. The van der Waals surface area contributed by atoms with Gasteiger partial charge >= 0.3 is 0 Å². The molecule has 2 rings (SSSR count). The molecule has 1 aromatic heterocycles. The molecule has 2 heterocycles. The summed E-state index contributed by atoms with van der Waals surface area (Å²) in [5, 5.41) is 0.116. The van der Waals surface area contributed by atoms with Crippen LogP contribution in [0, 0.1) is 6.92 Å². The van der Waals surface area contributed by atoms with Crippen molar-refractivity contribution in [2.45, 2.75) is 31.0 Å². The van der Waals surface area contributed by atoms with Gasteiger partial charge in [0.1, 0.15) is 5.82 Å². The molecule has 3 N–H and O–H groups in total. The summed E-state index contributed by atoms with van der Waals surface area (Å²) < 4.78 is 31.5. The summed E-state index contributed by atoms with van der Waals surface area (Å²) in [6, 6.07) is -0.202. The standard InChI is InChI=1S/C10H18N4O3S/c1-7(11)9-6-14(3-4-17-9)18(15,16)10-5-12-8(2)13-10/h5,7,9H,3-4,6,11H2,1-2H3,(H,12,13). The van der Waals surface area contributed by atoms with Crippen LogP contribution in [0.15, 0.2) is 11.2 Å². The zero-order valence-electron chi connectivity index (χ0n) is 10.5. The van der Waals surface area contributed by atoms with Crippen LogP contribution in [0.3, 0.4) is 0 Å². The van der Waals surface area contributed by atoms with E-state index in [2.05, 4.69) is 9.97 Å². The third-order valence-electron chi connectivity index (χ3n) is 2.94. The first-order valence-corrected chi connectivity index (χ1v) is 7.24. The summed E-state index contributed by atoms with van der Waals surface area (Å²) in [5.41, 5.74) is 5.75. The highest BCUT2D eigenvalue weighted by molar-refractivity contribution is 7.89. The Morgan fingerprint density at radius 3 is 2.94 bits per heavy atom. The SMILES string of the molecule is Cc1ncc(S(=O)(=O)N2CCOC(C(C)N)C2)[nH]1. The van der Waals surface area contributed by atoms with Crippen molar-refractivity contribution in [3.63, 3.8) is 0 Å². The largest absolute Gasteiger partial charge is 0.374 e. The number of aryl methyl sites for hydroxylation is 1. The second-order valence-corrected chi connectivity index (χ2v) is 6.37. The highest BCUT2D eigenvalue weighted by atomic mass is 32.2. The molecule has 0 radical (unpaired) electrons. The Labute approximate surface area is 106 Å². The van der Waals surface area contributed by atoms with Gasteiger partial charge in [-0.15, -0.1) is 0 Å². The highest BCUT2D eigenvalue weighted by Crippen LogP contribution is 2.17. The molecule has 0 aliphatic carbocycles. The van der Waals surface area contributed by atoms with Crippen molar-refractivity contribution < 1.29 is 13.2 Å². The van der Waals surface area contributed by atoms with E-state index in [9.17, 15) is 8.42 Å². The minimum Gasteiger partial charge on any atom is -0.374 e. The molecule has 7 nitrogen and oxygen atoms in total. The number of hydrogen-bond donors (Lipinski definition) is 2. The molecule has 102 valence electrons. The van der Waals surface area contributed by atoms with Crippen molar-refractivity contribution >= 4 is 10.0 Å². The maximum atomic E-state index is 12.3. The van der Waals surface area contributed by atoms with E-state index in [1.807, 2.05) is 0 Å². The molecule has 0 bridgehead atoms. The fourth-order valence-corrected chi connectivity index (χ4v) is 3.25. The molecule has 0 spiro atoms. The summed E-state index contributed by atoms with van der Waals surface area (Å²) in [5.74, 6) is 0.575. The molecule has 0 amide bonds. The Kier molecular flexibility index (Phi) is 3.71. The number of nitrogens with zero attached hydrogens (tertiary/aromatic N) is 2. The number of nitrogens with one attached hydrogen (secondary N) is 1. The van der Waals surface area contributed by atoms with Crippen molar-refractivity contribution in [1.29, 1.82) is 0 Å². The Hall–Kier alpha value is -0.960. The van der Waals surface area contributed by atoms with Crippen molar-refractivity contribution in [3.8, 4) is 0 Å². The summed E-state index contributed by atoms with van der Waals surface area (Å²) in [7, 11) is -3.53. The minimum absolute atomic E-state index is 0.116. The van der Waals surface area contributed by atoms with Gasteiger partial charge in [-0.2, -0.15) is 4.31 Å². The number of nitrogens with two attached hydrogens (primary N) is 1. The van der Waals surface area contributed by atoms with Crippen LogP contribution in [0.1, 0.15) is 12.7 Å². The Balaban J connectivity index is 2.20. The van der Waals surface area contributed by atoms with Crippen LogP contribution in [0.4, 0.5) is 0 Å². The van der Waals surface area contributed by atoms with Crippen molar-refractivity contribution in [1.82, 2.24) is 14.3 Å². The van der Waals surface area contributed by atoms with Gasteiger partial charge < -0.3 is 15.5 Å². The lowest BCUT2D eigenvalue weighted by molar-refractivity contribution is -0.0120. The molecule has 1 aliphatic heterocycles. The third-order valence-corrected chi connectivity index (χ3v) is 4.71. The molecule has 8 heteroatoms. The summed E-state index contributed by atoms with van der Waals surface area (Å²) in [4.78, 5) is 6.66. The van der Waals surface area contributed by atoms with E-state index >= 15 is 0 Å². The number of aromatic amines is 1. The van der Waals surface area contributed by atoms with E-state index in [0.29, 0.717) is 19.0 Å². The van der Waals surface area contributed by atoms with Gasteiger partial charge in [0, 0.05) is 19.1 Å². The normalized spacial score (nSPS) is 24.1. The van der Waals surface area contributed by atoms with Crippen molar-refractivity contribution in [2.24, 2.45) is 5.73 Å². The number of rotatable bonds is 3. The average Bonchev–Trinajstić information content (AvgIpc) is 2.77. The number of morpholine rings is 1. The lowest BCUT2D eigenvalue weighted by atomic mass is 10.2. The zero-order chi connectivity index (χ0) is 13.3. The number of ether oxygens (including phenoxy) is 1. The maximum absolute atomic E-state index is 12.3. The Bertz CT molecular complexity index is 511. The van der Waals surface area contributed by atoms with E-state index in [-0.39, 0.29) is 23.7 Å². The lowest BCUT2D eigenvalue weighted by Gasteiger charge is -2.33.